The van der Waals surface area contributed by atoms with Gasteiger partial charge in [-0.05, 0) is 23.1 Å². The molecule has 0 radical (unpaired) electrons. The predicted octanol–water partition coefficient (Wildman–Crippen LogP) is 6.23. The lowest BCUT2D eigenvalue weighted by molar-refractivity contribution is 0.0273. The smallest absolute Gasteiger partial charge is 0.295 e. The Hall–Kier alpha value is -3.66. The van der Waals surface area contributed by atoms with E-state index in [2.05, 4.69) is 15.0 Å². The number of benzene rings is 3. The predicted molar refractivity (Wildman–Crippen MR) is 137 cm³/mol. The SMILES string of the molecule is Fc1cc2[nH]c(OC3CO[C@@H]4CCO[C@H]34)nc2c(F)c1-c1ccc(-c2ccc(-c3nccs3)cc2)cc1. The van der Waals surface area contributed by atoms with Crippen molar-refractivity contribution in [1.82, 2.24) is 15.0 Å². The summed E-state index contributed by atoms with van der Waals surface area (Å²) in [6.45, 7) is 0.990. The number of fused-ring (bicyclic) bond motifs is 2. The number of halogens is 2. The number of imidazole rings is 1. The highest BCUT2D eigenvalue weighted by atomic mass is 32.1. The van der Waals surface area contributed by atoms with Gasteiger partial charge in [0, 0.05) is 29.8 Å². The van der Waals surface area contributed by atoms with Gasteiger partial charge in [-0.15, -0.1) is 11.3 Å². The molecule has 2 fully saturated rings. The molecule has 7 rings (SSSR count). The molecule has 3 atom stereocenters. The summed E-state index contributed by atoms with van der Waals surface area (Å²) in [5.41, 5.74) is 3.55. The van der Waals surface area contributed by atoms with Crippen molar-refractivity contribution in [2.75, 3.05) is 13.2 Å². The van der Waals surface area contributed by atoms with Crippen molar-refractivity contribution in [3.63, 3.8) is 0 Å². The summed E-state index contributed by atoms with van der Waals surface area (Å²) in [6, 6.07) is 16.6. The van der Waals surface area contributed by atoms with Crippen molar-refractivity contribution in [3.05, 3.63) is 77.8 Å². The minimum atomic E-state index is -0.737. The van der Waals surface area contributed by atoms with Gasteiger partial charge in [-0.1, -0.05) is 48.5 Å². The van der Waals surface area contributed by atoms with Crippen LogP contribution in [-0.4, -0.2) is 46.5 Å². The molecular formula is C28H21F2N3O3S. The molecule has 0 amide bonds. The van der Waals surface area contributed by atoms with E-state index in [1.807, 2.05) is 41.8 Å². The molecule has 6 nitrogen and oxygen atoms in total. The summed E-state index contributed by atoms with van der Waals surface area (Å²) in [6.07, 6.45) is 2.10. The van der Waals surface area contributed by atoms with Crippen molar-refractivity contribution < 1.29 is 23.0 Å². The van der Waals surface area contributed by atoms with E-state index in [1.54, 1.807) is 29.7 Å². The van der Waals surface area contributed by atoms with Gasteiger partial charge in [0.1, 0.15) is 22.4 Å². The Morgan fingerprint density at radius 1 is 0.946 bits per heavy atom. The molecule has 1 unspecified atom stereocenters. The Morgan fingerprint density at radius 2 is 1.68 bits per heavy atom. The molecule has 5 aromatic rings. The first-order valence-corrected chi connectivity index (χ1v) is 12.9. The molecule has 2 saturated heterocycles. The molecule has 4 heterocycles. The second-order valence-electron chi connectivity index (χ2n) is 9.13. The molecule has 186 valence electrons. The molecule has 2 aliphatic rings. The molecule has 37 heavy (non-hydrogen) atoms. The third kappa shape index (κ3) is 3.99. The number of hydrogen-bond acceptors (Lipinski definition) is 6. The van der Waals surface area contributed by atoms with Crippen molar-refractivity contribution in [2.24, 2.45) is 0 Å². The van der Waals surface area contributed by atoms with Crippen molar-refractivity contribution in [3.8, 4) is 38.8 Å². The number of hydrogen-bond donors (Lipinski definition) is 1. The number of rotatable bonds is 5. The van der Waals surface area contributed by atoms with Gasteiger partial charge in [-0.25, -0.2) is 13.8 Å². The Kier molecular flexibility index (Phi) is 5.49. The van der Waals surface area contributed by atoms with E-state index in [0.29, 0.717) is 18.8 Å². The average molecular weight is 518 g/mol. The van der Waals surface area contributed by atoms with Gasteiger partial charge in [0.05, 0.1) is 23.8 Å². The van der Waals surface area contributed by atoms with E-state index in [-0.39, 0.29) is 40.9 Å². The van der Waals surface area contributed by atoms with Gasteiger partial charge < -0.3 is 19.2 Å². The minimum absolute atomic E-state index is 0.00840. The number of thiazole rings is 1. The third-order valence-electron chi connectivity index (χ3n) is 6.90. The molecule has 0 aliphatic carbocycles. The Morgan fingerprint density at radius 3 is 2.41 bits per heavy atom. The van der Waals surface area contributed by atoms with Crippen LogP contribution in [0.25, 0.3) is 43.9 Å². The van der Waals surface area contributed by atoms with Crippen molar-refractivity contribution in [1.29, 1.82) is 0 Å². The third-order valence-corrected chi connectivity index (χ3v) is 7.72. The molecular weight excluding hydrogens is 496 g/mol. The Bertz CT molecular complexity index is 1570. The zero-order chi connectivity index (χ0) is 24.9. The van der Waals surface area contributed by atoms with Gasteiger partial charge in [0.25, 0.3) is 6.01 Å². The van der Waals surface area contributed by atoms with Crippen LogP contribution in [0.1, 0.15) is 6.42 Å². The number of H-pyrrole nitrogens is 1. The van der Waals surface area contributed by atoms with Crippen LogP contribution in [0.4, 0.5) is 8.78 Å². The van der Waals surface area contributed by atoms with Crippen LogP contribution in [0.15, 0.2) is 66.2 Å². The summed E-state index contributed by atoms with van der Waals surface area (Å²) in [5, 5.41) is 2.90. The lowest BCUT2D eigenvalue weighted by Crippen LogP contribution is -2.32. The summed E-state index contributed by atoms with van der Waals surface area (Å²) < 4.78 is 47.9. The van der Waals surface area contributed by atoms with E-state index in [4.69, 9.17) is 14.2 Å². The Labute approximate surface area is 214 Å². The van der Waals surface area contributed by atoms with Crippen LogP contribution in [-0.2, 0) is 9.47 Å². The molecule has 0 bridgehead atoms. The van der Waals surface area contributed by atoms with E-state index in [1.165, 1.54) is 6.07 Å². The number of nitrogens with zero attached hydrogens (tertiary/aromatic N) is 2. The molecule has 9 heteroatoms. The largest absolute Gasteiger partial charge is 0.456 e. The van der Waals surface area contributed by atoms with Crippen molar-refractivity contribution in [2.45, 2.75) is 24.7 Å². The van der Waals surface area contributed by atoms with Gasteiger partial charge in [0.2, 0.25) is 0 Å². The summed E-state index contributed by atoms with van der Waals surface area (Å²) in [7, 11) is 0. The van der Waals surface area contributed by atoms with E-state index in [9.17, 15) is 0 Å². The zero-order valence-electron chi connectivity index (χ0n) is 19.5. The van der Waals surface area contributed by atoms with E-state index >= 15 is 8.78 Å². The van der Waals surface area contributed by atoms with Gasteiger partial charge in [-0.2, -0.15) is 4.98 Å². The van der Waals surface area contributed by atoms with Crippen LogP contribution >= 0.6 is 11.3 Å². The van der Waals surface area contributed by atoms with Crippen molar-refractivity contribution >= 4 is 22.4 Å². The number of aromatic amines is 1. The van der Waals surface area contributed by atoms with Crippen LogP contribution in [0.3, 0.4) is 0 Å². The average Bonchev–Trinajstić information content (AvgIpc) is 3.71. The highest BCUT2D eigenvalue weighted by Crippen LogP contribution is 2.35. The van der Waals surface area contributed by atoms with Gasteiger partial charge >= 0.3 is 0 Å². The lowest BCUT2D eigenvalue weighted by atomic mass is 9.98. The fourth-order valence-corrected chi connectivity index (χ4v) is 5.70. The van der Waals surface area contributed by atoms with E-state index in [0.717, 1.165) is 28.1 Å². The number of nitrogens with one attached hydrogen (secondary N) is 1. The number of ether oxygens (including phenoxy) is 3. The summed E-state index contributed by atoms with van der Waals surface area (Å²) >= 11 is 1.58. The zero-order valence-corrected chi connectivity index (χ0v) is 20.3. The highest BCUT2D eigenvalue weighted by molar-refractivity contribution is 7.13. The fraction of sp³-hybridized carbons (Fsp3) is 0.214. The summed E-state index contributed by atoms with van der Waals surface area (Å²) in [5.74, 6) is -1.41. The quantitative estimate of drug-likeness (QED) is 0.299. The molecule has 1 N–H and O–H groups in total. The fourth-order valence-electron chi connectivity index (χ4n) is 5.05. The van der Waals surface area contributed by atoms with Crippen LogP contribution in [0.5, 0.6) is 6.01 Å². The maximum atomic E-state index is 15.5. The number of aromatic nitrogens is 3. The normalized spacial score (nSPS) is 21.0. The molecule has 0 saturated carbocycles. The lowest BCUT2D eigenvalue weighted by Gasteiger charge is -2.15. The van der Waals surface area contributed by atoms with E-state index < -0.39 is 11.6 Å². The second kappa shape index (κ2) is 9.02. The molecule has 2 aliphatic heterocycles. The maximum absolute atomic E-state index is 15.5. The molecule has 3 aromatic carbocycles. The minimum Gasteiger partial charge on any atom is -0.456 e. The molecule has 0 spiro atoms. The van der Waals surface area contributed by atoms with Gasteiger partial charge in [-0.3, -0.25) is 0 Å². The first kappa shape index (κ1) is 22.5. The van der Waals surface area contributed by atoms with Crippen LogP contribution < -0.4 is 4.74 Å². The first-order chi connectivity index (χ1) is 18.1. The maximum Gasteiger partial charge on any atom is 0.295 e. The monoisotopic (exact) mass is 517 g/mol. The topological polar surface area (TPSA) is 69.3 Å². The van der Waals surface area contributed by atoms with Gasteiger partial charge in [0.15, 0.2) is 11.9 Å². The highest BCUT2D eigenvalue weighted by Gasteiger charge is 2.43. The standard InChI is InChI=1S/C28H21F2N3O3S/c29-19-13-20-25(33-28(32-20)36-22-14-35-21-9-11-34-26(21)22)24(30)23(19)17-5-1-15(2-6-17)16-3-7-18(8-4-16)27-31-10-12-37-27/h1-8,10,12-13,21-22,26H,9,11,14H2,(H,32,33)/t21-,22?,26+/m1/s1. The Balaban J connectivity index is 1.15. The first-order valence-electron chi connectivity index (χ1n) is 12.0. The second-order valence-corrected chi connectivity index (χ2v) is 10.0. The summed E-state index contributed by atoms with van der Waals surface area (Å²) in [4.78, 5) is 11.5. The molecule has 2 aromatic heterocycles. The van der Waals surface area contributed by atoms with Crippen LogP contribution in [0.2, 0.25) is 0 Å². The van der Waals surface area contributed by atoms with Crippen LogP contribution in [0, 0.1) is 11.6 Å².